The maximum atomic E-state index is 6.49. The second kappa shape index (κ2) is 21.9. The van der Waals surface area contributed by atoms with Crippen molar-refractivity contribution in [1.82, 2.24) is 0 Å². The first-order valence-electron chi connectivity index (χ1n) is 20.2. The molecule has 0 saturated heterocycles. The average molecular weight is 777 g/mol. The molecule has 3 heteroatoms. The maximum absolute atomic E-state index is 6.49. The Bertz CT molecular complexity index is 2410. The highest BCUT2D eigenvalue weighted by Gasteiger charge is 2.11. The van der Waals surface area contributed by atoms with Gasteiger partial charge in [0.05, 0.1) is 23.5 Å². The molecule has 0 N–H and O–H groups in total. The van der Waals surface area contributed by atoms with Crippen LogP contribution in [0.4, 0.5) is 0 Å². The van der Waals surface area contributed by atoms with Crippen molar-refractivity contribution in [3.63, 3.8) is 0 Å². The number of hydrogen-bond acceptors (Lipinski definition) is 3. The number of rotatable bonds is 15. The molecule has 0 amide bonds. The fourth-order valence-electron chi connectivity index (χ4n) is 6.33. The second-order valence-corrected chi connectivity index (χ2v) is 16.0. The molecule has 0 radical (unpaired) electrons. The van der Waals surface area contributed by atoms with Crippen LogP contribution in [0.3, 0.4) is 0 Å². The van der Waals surface area contributed by atoms with Gasteiger partial charge in [0.25, 0.3) is 0 Å². The molecule has 1 aromatic heterocycles. The topological polar surface area (TPSA) is 18.5 Å². The summed E-state index contributed by atoms with van der Waals surface area (Å²) in [5.41, 5.74) is 8.45. The van der Waals surface area contributed by atoms with E-state index in [0.717, 1.165) is 72.5 Å². The molecule has 1 atom stereocenters. The third-order valence-corrected chi connectivity index (χ3v) is 10.7. The SMILES string of the molecule is COc1cc(C=Cc2ccccc2)c(OCCC(C)CCCC(C)C)cc1C=Cc1ccc(C#Cc2ccc(C#Cc3ccc(C=Cc4ccccc4)cc3)s2)cc1. The van der Waals surface area contributed by atoms with Crippen molar-refractivity contribution in [1.29, 1.82) is 0 Å². The number of ether oxygens (including phenoxy) is 2. The second-order valence-electron chi connectivity index (χ2n) is 14.9. The van der Waals surface area contributed by atoms with Crippen LogP contribution in [-0.2, 0) is 0 Å². The van der Waals surface area contributed by atoms with Gasteiger partial charge in [0, 0.05) is 22.3 Å². The zero-order valence-electron chi connectivity index (χ0n) is 34.1. The van der Waals surface area contributed by atoms with Crippen molar-refractivity contribution >= 4 is 47.8 Å². The van der Waals surface area contributed by atoms with Gasteiger partial charge in [-0.3, -0.25) is 0 Å². The molecule has 0 spiro atoms. The van der Waals surface area contributed by atoms with E-state index >= 15 is 0 Å². The van der Waals surface area contributed by atoms with Crippen molar-refractivity contribution in [2.24, 2.45) is 11.8 Å². The predicted molar refractivity (Wildman–Crippen MR) is 250 cm³/mol. The first kappa shape index (κ1) is 41.4. The molecule has 6 aromatic rings. The lowest BCUT2D eigenvalue weighted by molar-refractivity contribution is 0.275. The van der Waals surface area contributed by atoms with E-state index in [9.17, 15) is 0 Å². The summed E-state index contributed by atoms with van der Waals surface area (Å²) in [6, 6.07) is 45.5. The summed E-state index contributed by atoms with van der Waals surface area (Å²) in [5, 5.41) is 0. The lowest BCUT2D eigenvalue weighted by atomic mass is 9.97. The molecule has 58 heavy (non-hydrogen) atoms. The van der Waals surface area contributed by atoms with Crippen molar-refractivity contribution in [3.05, 3.63) is 188 Å². The third kappa shape index (κ3) is 13.4. The van der Waals surface area contributed by atoms with Crippen molar-refractivity contribution in [2.75, 3.05) is 13.7 Å². The van der Waals surface area contributed by atoms with Gasteiger partial charge in [-0.2, -0.15) is 0 Å². The summed E-state index contributed by atoms with van der Waals surface area (Å²) in [7, 11) is 1.72. The Morgan fingerprint density at radius 3 is 1.47 bits per heavy atom. The molecule has 0 fully saturated rings. The van der Waals surface area contributed by atoms with Crippen LogP contribution in [-0.4, -0.2) is 13.7 Å². The molecule has 5 aromatic carbocycles. The first-order valence-corrected chi connectivity index (χ1v) is 21.0. The fourth-order valence-corrected chi connectivity index (χ4v) is 7.04. The van der Waals surface area contributed by atoms with Gasteiger partial charge in [-0.05, 0) is 89.0 Å². The lowest BCUT2D eigenvalue weighted by Crippen LogP contribution is -2.06. The number of benzene rings is 5. The molecule has 1 unspecified atom stereocenters. The minimum absolute atomic E-state index is 0.623. The average Bonchev–Trinajstić information content (AvgIpc) is 3.72. The molecule has 2 nitrogen and oxygen atoms in total. The van der Waals surface area contributed by atoms with Gasteiger partial charge in [0.1, 0.15) is 11.5 Å². The molecule has 0 bridgehead atoms. The molecule has 0 aliphatic rings. The summed E-state index contributed by atoms with van der Waals surface area (Å²) in [4.78, 5) is 1.98. The van der Waals surface area contributed by atoms with Crippen LogP contribution in [0.25, 0.3) is 36.5 Å². The van der Waals surface area contributed by atoms with E-state index < -0.39 is 0 Å². The fraction of sp³-hybridized carbons (Fsp3) is 0.200. The zero-order valence-corrected chi connectivity index (χ0v) is 34.9. The molecule has 6 rings (SSSR count). The van der Waals surface area contributed by atoms with Crippen LogP contribution in [0.1, 0.15) is 101 Å². The Labute approximate surface area is 350 Å². The summed E-state index contributed by atoms with van der Waals surface area (Å²) in [5.74, 6) is 16.3. The Morgan fingerprint density at radius 1 is 0.500 bits per heavy atom. The summed E-state index contributed by atoms with van der Waals surface area (Å²) >= 11 is 1.61. The summed E-state index contributed by atoms with van der Waals surface area (Å²) in [6.45, 7) is 7.61. The van der Waals surface area contributed by atoms with Crippen LogP contribution in [0.5, 0.6) is 11.5 Å². The highest BCUT2D eigenvalue weighted by Crippen LogP contribution is 2.32. The van der Waals surface area contributed by atoms with E-state index in [1.165, 1.54) is 24.8 Å². The highest BCUT2D eigenvalue weighted by atomic mass is 32.1. The van der Waals surface area contributed by atoms with Crippen LogP contribution in [0, 0.1) is 35.5 Å². The van der Waals surface area contributed by atoms with Gasteiger partial charge < -0.3 is 9.47 Å². The first-order chi connectivity index (χ1) is 28.4. The van der Waals surface area contributed by atoms with E-state index in [-0.39, 0.29) is 0 Å². The van der Waals surface area contributed by atoms with Gasteiger partial charge in [-0.1, -0.05) is 185 Å². The molecule has 0 aliphatic heterocycles. The lowest BCUT2D eigenvalue weighted by Gasteiger charge is -2.16. The van der Waals surface area contributed by atoms with Crippen LogP contribution < -0.4 is 9.47 Å². The highest BCUT2D eigenvalue weighted by molar-refractivity contribution is 7.13. The van der Waals surface area contributed by atoms with E-state index in [0.29, 0.717) is 12.5 Å². The van der Waals surface area contributed by atoms with Gasteiger partial charge in [0.2, 0.25) is 0 Å². The Balaban J connectivity index is 1.09. The maximum Gasteiger partial charge on any atom is 0.127 e. The number of methoxy groups -OCH3 is 1. The predicted octanol–water partition coefficient (Wildman–Crippen LogP) is 14.3. The third-order valence-electron chi connectivity index (χ3n) is 9.77. The van der Waals surface area contributed by atoms with Crippen molar-refractivity contribution in [3.8, 4) is 35.2 Å². The quantitative estimate of drug-likeness (QED) is 0.0764. The van der Waals surface area contributed by atoms with E-state index in [1.807, 2.05) is 36.4 Å². The van der Waals surface area contributed by atoms with Gasteiger partial charge >= 0.3 is 0 Å². The monoisotopic (exact) mass is 776 g/mol. The summed E-state index contributed by atoms with van der Waals surface area (Å²) in [6.07, 6.45) is 17.5. The Kier molecular flexibility index (Phi) is 15.6. The minimum Gasteiger partial charge on any atom is -0.496 e. The molecule has 290 valence electrons. The normalized spacial score (nSPS) is 11.7. The van der Waals surface area contributed by atoms with Crippen LogP contribution in [0.15, 0.2) is 133 Å². The molecule has 0 saturated carbocycles. The smallest absolute Gasteiger partial charge is 0.127 e. The minimum atomic E-state index is 0.623. The van der Waals surface area contributed by atoms with Crippen LogP contribution in [0.2, 0.25) is 0 Å². The Morgan fingerprint density at radius 2 is 0.966 bits per heavy atom. The van der Waals surface area contributed by atoms with Crippen molar-refractivity contribution in [2.45, 2.75) is 46.5 Å². The molecular formula is C55H52O2S. The van der Waals surface area contributed by atoms with E-state index in [2.05, 4.69) is 178 Å². The van der Waals surface area contributed by atoms with Gasteiger partial charge in [0.15, 0.2) is 0 Å². The standard InChI is InChI=1S/C55H52O2S/c1-42(2)12-11-13-43(3)38-39-57-55-41-50(54(56-4)40-51(55)33-28-45-16-9-6-10-17-45)32-29-47-22-26-49(27-23-47)31-35-53-37-36-52(58-53)34-30-48-24-20-46(21-25-48)19-18-44-14-7-5-8-15-44/h5-10,14-29,32-33,36-37,40-43H,11-13,38-39H2,1-4H3. The largest absolute Gasteiger partial charge is 0.496 e. The molecule has 1 heterocycles. The van der Waals surface area contributed by atoms with Gasteiger partial charge in [-0.25, -0.2) is 0 Å². The van der Waals surface area contributed by atoms with Gasteiger partial charge in [-0.15, -0.1) is 11.3 Å². The zero-order chi connectivity index (χ0) is 40.4. The Hall–Kier alpha value is -6.26. The van der Waals surface area contributed by atoms with Crippen molar-refractivity contribution < 1.29 is 9.47 Å². The number of thiophene rings is 1. The van der Waals surface area contributed by atoms with Crippen LogP contribution >= 0.6 is 11.3 Å². The van der Waals surface area contributed by atoms with E-state index in [1.54, 1.807) is 18.4 Å². The molecular weight excluding hydrogens is 725 g/mol. The van der Waals surface area contributed by atoms with E-state index in [4.69, 9.17) is 9.47 Å². The summed E-state index contributed by atoms with van der Waals surface area (Å²) < 4.78 is 12.4. The molecule has 0 aliphatic carbocycles. The number of hydrogen-bond donors (Lipinski definition) is 0.